The molecule has 0 aliphatic rings. The highest BCUT2D eigenvalue weighted by Crippen LogP contribution is 2.38. The van der Waals surface area contributed by atoms with Gasteiger partial charge in [-0.05, 0) is 75.8 Å². The largest absolute Gasteiger partial charge is 0.335 e. The number of non-ortho nitro benzene ring substituents is 1. The summed E-state index contributed by atoms with van der Waals surface area (Å²) in [7, 11) is 0. The van der Waals surface area contributed by atoms with Gasteiger partial charge in [-0.3, -0.25) is 19.7 Å². The van der Waals surface area contributed by atoms with Crippen molar-refractivity contribution in [3.63, 3.8) is 0 Å². The first-order chi connectivity index (χ1) is 18.9. The van der Waals surface area contributed by atoms with E-state index >= 15 is 0 Å². The summed E-state index contributed by atoms with van der Waals surface area (Å²) >= 11 is 0. The number of nitro benzene ring substituents is 1. The van der Waals surface area contributed by atoms with Gasteiger partial charge in [0, 0.05) is 47.0 Å². The van der Waals surface area contributed by atoms with E-state index in [0.717, 1.165) is 30.4 Å². The van der Waals surface area contributed by atoms with Crippen LogP contribution in [0.3, 0.4) is 0 Å². The maximum atomic E-state index is 13.4. The van der Waals surface area contributed by atoms with E-state index < -0.39 is 16.7 Å². The highest BCUT2D eigenvalue weighted by atomic mass is 16.7. The predicted octanol–water partition coefficient (Wildman–Crippen LogP) is 7.58. The topological polar surface area (TPSA) is 121 Å². The Bertz CT molecular complexity index is 1560. The molecule has 1 atom stereocenters. The van der Waals surface area contributed by atoms with Gasteiger partial charge in [0.05, 0.1) is 4.92 Å². The summed E-state index contributed by atoms with van der Waals surface area (Å²) in [6.07, 6.45) is 3.52. The van der Waals surface area contributed by atoms with Crippen molar-refractivity contribution in [2.75, 3.05) is 0 Å². The second kappa shape index (κ2) is 12.8. The van der Waals surface area contributed by atoms with E-state index in [2.05, 4.69) is 23.8 Å². The Kier molecular flexibility index (Phi) is 9.74. The van der Waals surface area contributed by atoms with Gasteiger partial charge in [0.2, 0.25) is 5.78 Å². The number of aryl methyl sites for hydroxylation is 1. The van der Waals surface area contributed by atoms with Crippen LogP contribution in [0.4, 0.5) is 5.69 Å². The number of allylic oxidation sites excluding steroid dienone is 2. The van der Waals surface area contributed by atoms with Crippen LogP contribution in [0, 0.1) is 16.0 Å². The SMILES string of the molecule is CCC(C)=C(C)C(=O)c1cc([N+](=O)[O-])c2c(c1)c1cc(C(=O)/C(C)=N/OC(C)=O)ccc1n2CCCC(C)CC. The van der Waals surface area contributed by atoms with E-state index in [1.54, 1.807) is 31.2 Å². The summed E-state index contributed by atoms with van der Waals surface area (Å²) in [5, 5.41) is 17.1. The van der Waals surface area contributed by atoms with Gasteiger partial charge >= 0.3 is 5.97 Å². The quantitative estimate of drug-likeness (QED) is 0.0575. The molecule has 0 aliphatic heterocycles. The van der Waals surface area contributed by atoms with Crippen molar-refractivity contribution in [3.05, 3.63) is 62.7 Å². The van der Waals surface area contributed by atoms with E-state index in [1.807, 2.05) is 18.4 Å². The van der Waals surface area contributed by atoms with Gasteiger partial charge in [0.25, 0.3) is 5.69 Å². The number of fused-ring (bicyclic) bond motifs is 3. The molecule has 3 aromatic rings. The molecule has 1 aromatic heterocycles. The molecule has 0 radical (unpaired) electrons. The van der Waals surface area contributed by atoms with Gasteiger partial charge in [-0.15, -0.1) is 0 Å². The Morgan fingerprint density at radius 1 is 1.00 bits per heavy atom. The number of Topliss-reactive ketones (excluding diaryl/α,β-unsaturated/α-hetero) is 2. The highest BCUT2D eigenvalue weighted by Gasteiger charge is 2.25. The Morgan fingerprint density at radius 2 is 1.68 bits per heavy atom. The molecule has 1 unspecified atom stereocenters. The molecule has 0 saturated carbocycles. The molecule has 9 nitrogen and oxygen atoms in total. The lowest BCUT2D eigenvalue weighted by Gasteiger charge is -2.11. The molecule has 9 heteroatoms. The second-order valence-corrected chi connectivity index (χ2v) is 10.4. The minimum Gasteiger partial charge on any atom is -0.335 e. The maximum Gasteiger partial charge on any atom is 0.331 e. The first kappa shape index (κ1) is 30.4. The van der Waals surface area contributed by atoms with E-state index in [-0.39, 0.29) is 28.3 Å². The fourth-order valence-corrected chi connectivity index (χ4v) is 4.72. The van der Waals surface area contributed by atoms with Crippen molar-refractivity contribution in [2.45, 2.75) is 80.7 Å². The molecule has 40 heavy (non-hydrogen) atoms. The molecule has 212 valence electrons. The number of hydrogen-bond donors (Lipinski definition) is 0. The minimum atomic E-state index is -0.643. The van der Waals surface area contributed by atoms with Crippen LogP contribution in [0.1, 0.15) is 94.9 Å². The fourth-order valence-electron chi connectivity index (χ4n) is 4.72. The van der Waals surface area contributed by atoms with Gasteiger partial charge in [0.15, 0.2) is 5.78 Å². The van der Waals surface area contributed by atoms with Gasteiger partial charge in [-0.1, -0.05) is 37.9 Å². The molecule has 2 aromatic carbocycles. The Labute approximate surface area is 234 Å². The number of carbonyl (C=O) groups excluding carboxylic acids is 3. The number of hydrogen-bond acceptors (Lipinski definition) is 7. The number of oxime groups is 1. The maximum absolute atomic E-state index is 13.4. The lowest BCUT2D eigenvalue weighted by molar-refractivity contribution is -0.383. The van der Waals surface area contributed by atoms with Crippen molar-refractivity contribution >= 4 is 50.7 Å². The van der Waals surface area contributed by atoms with Crippen molar-refractivity contribution in [2.24, 2.45) is 11.1 Å². The van der Waals surface area contributed by atoms with Crippen LogP contribution in [0.2, 0.25) is 0 Å². The summed E-state index contributed by atoms with van der Waals surface area (Å²) in [6, 6.07) is 8.12. The number of rotatable bonds is 12. The third kappa shape index (κ3) is 6.35. The summed E-state index contributed by atoms with van der Waals surface area (Å²) in [5.41, 5.74) is 2.98. The summed E-state index contributed by atoms with van der Waals surface area (Å²) < 4.78 is 1.92. The normalized spacial score (nSPS) is 13.3. The average Bonchev–Trinajstić information content (AvgIpc) is 3.25. The minimum absolute atomic E-state index is 0.00973. The third-order valence-corrected chi connectivity index (χ3v) is 7.58. The fraction of sp³-hybridized carbons (Fsp3) is 0.419. The number of aromatic nitrogens is 1. The zero-order chi connectivity index (χ0) is 29.7. The van der Waals surface area contributed by atoms with E-state index in [9.17, 15) is 24.5 Å². The van der Waals surface area contributed by atoms with Crippen LogP contribution in [-0.2, 0) is 16.2 Å². The van der Waals surface area contributed by atoms with Gasteiger partial charge in [-0.2, -0.15) is 0 Å². The van der Waals surface area contributed by atoms with Crippen molar-refractivity contribution in [1.29, 1.82) is 0 Å². The van der Waals surface area contributed by atoms with Gasteiger partial charge in [-0.25, -0.2) is 4.79 Å². The lowest BCUT2D eigenvalue weighted by Crippen LogP contribution is -2.12. The number of nitro groups is 1. The molecule has 0 bridgehead atoms. The van der Waals surface area contributed by atoms with Crippen LogP contribution in [0.25, 0.3) is 21.8 Å². The first-order valence-corrected chi connectivity index (χ1v) is 13.6. The standard InChI is InChI=1S/C31H37N3O6/c1-8-18(3)11-10-14-33-27-13-12-23(31(37)21(6)32-40-22(7)35)15-25(27)26-16-24(17-28(29(26)33)34(38)39)30(36)20(5)19(4)9-2/h12-13,15-18H,8-11,14H2,1-7H3/b20-19?,32-21+. The van der Waals surface area contributed by atoms with Crippen LogP contribution < -0.4 is 0 Å². The number of carbonyl (C=O) groups is 3. The summed E-state index contributed by atoms with van der Waals surface area (Å²) in [5.74, 6) is -0.832. The molecule has 0 aliphatic carbocycles. The molecular weight excluding hydrogens is 510 g/mol. The molecular formula is C31H37N3O6. The zero-order valence-electron chi connectivity index (χ0n) is 24.3. The number of ketones is 2. The van der Waals surface area contributed by atoms with Gasteiger partial charge in [0.1, 0.15) is 11.2 Å². The van der Waals surface area contributed by atoms with E-state index in [1.165, 1.54) is 19.9 Å². The summed E-state index contributed by atoms with van der Waals surface area (Å²) in [6.45, 7) is 13.1. The van der Waals surface area contributed by atoms with Crippen LogP contribution in [0.5, 0.6) is 0 Å². The molecule has 0 amide bonds. The van der Waals surface area contributed by atoms with Crippen LogP contribution >= 0.6 is 0 Å². The highest BCUT2D eigenvalue weighted by molar-refractivity contribution is 6.45. The third-order valence-electron chi connectivity index (χ3n) is 7.58. The predicted molar refractivity (Wildman–Crippen MR) is 157 cm³/mol. The Balaban J connectivity index is 2.32. The van der Waals surface area contributed by atoms with Crippen LogP contribution in [-0.4, -0.2) is 32.7 Å². The Morgan fingerprint density at radius 3 is 2.27 bits per heavy atom. The van der Waals surface area contributed by atoms with E-state index in [0.29, 0.717) is 40.7 Å². The monoisotopic (exact) mass is 547 g/mol. The lowest BCUT2D eigenvalue weighted by atomic mass is 9.97. The van der Waals surface area contributed by atoms with Crippen molar-refractivity contribution in [3.8, 4) is 0 Å². The molecule has 0 fully saturated rings. The Hall–Kier alpha value is -4.14. The van der Waals surface area contributed by atoms with Crippen LogP contribution in [0.15, 0.2) is 46.6 Å². The first-order valence-electron chi connectivity index (χ1n) is 13.6. The van der Waals surface area contributed by atoms with Gasteiger partial charge < -0.3 is 9.40 Å². The summed E-state index contributed by atoms with van der Waals surface area (Å²) in [4.78, 5) is 54.1. The van der Waals surface area contributed by atoms with Crippen molar-refractivity contribution in [1.82, 2.24) is 4.57 Å². The second-order valence-electron chi connectivity index (χ2n) is 10.4. The molecule has 1 heterocycles. The number of nitrogens with zero attached hydrogens (tertiary/aromatic N) is 3. The molecule has 3 rings (SSSR count). The van der Waals surface area contributed by atoms with Crippen molar-refractivity contribution < 1.29 is 24.1 Å². The average molecular weight is 548 g/mol. The number of benzene rings is 2. The molecule has 0 saturated heterocycles. The molecule has 0 spiro atoms. The molecule has 0 N–H and O–H groups in total. The zero-order valence-corrected chi connectivity index (χ0v) is 24.3. The van der Waals surface area contributed by atoms with E-state index in [4.69, 9.17) is 0 Å². The smallest absolute Gasteiger partial charge is 0.331 e.